The van der Waals surface area contributed by atoms with Gasteiger partial charge < -0.3 is 15.2 Å². The molecule has 0 aliphatic heterocycles. The molecule has 10 heteroatoms. The first-order chi connectivity index (χ1) is 9.71. The van der Waals surface area contributed by atoms with Gasteiger partial charge in [-0.15, -0.1) is 0 Å². The molecule has 0 saturated heterocycles. The van der Waals surface area contributed by atoms with E-state index in [2.05, 4.69) is 16.2 Å². The lowest BCUT2D eigenvalue weighted by molar-refractivity contribution is -0.127. The van der Waals surface area contributed by atoms with Crippen molar-refractivity contribution in [1.82, 2.24) is 16.2 Å². The fourth-order valence-electron chi connectivity index (χ4n) is 1.46. The number of aliphatic hydroxyl groups excluding tert-OH is 1. The summed E-state index contributed by atoms with van der Waals surface area (Å²) in [7, 11) is -3.99. The lowest BCUT2D eigenvalue weighted by atomic mass is 10.0. The second kappa shape index (κ2) is 9.79. The van der Waals surface area contributed by atoms with E-state index in [1.807, 2.05) is 0 Å². The average molecular weight is 325 g/mol. The monoisotopic (exact) mass is 325 g/mol. The van der Waals surface area contributed by atoms with Crippen LogP contribution in [-0.2, 0) is 19.7 Å². The van der Waals surface area contributed by atoms with Crippen LogP contribution >= 0.6 is 0 Å². The molecule has 0 bridgehead atoms. The van der Waals surface area contributed by atoms with Crippen molar-refractivity contribution in [2.75, 3.05) is 18.9 Å². The van der Waals surface area contributed by atoms with Crippen molar-refractivity contribution < 1.29 is 27.7 Å². The van der Waals surface area contributed by atoms with E-state index in [0.29, 0.717) is 6.29 Å². The lowest BCUT2D eigenvalue weighted by Crippen LogP contribution is -2.55. The molecule has 0 rings (SSSR count). The molecule has 0 aliphatic carbocycles. The summed E-state index contributed by atoms with van der Waals surface area (Å²) in [6.07, 6.45) is 0.612. The molecule has 0 heterocycles. The maximum atomic E-state index is 11.9. The van der Waals surface area contributed by atoms with Gasteiger partial charge in [-0.2, -0.15) is 8.42 Å². The topological polar surface area (TPSA) is 145 Å². The predicted octanol–water partition coefficient (Wildman–Crippen LogP) is -1.94. The minimum Gasteiger partial charge on any atom is -0.394 e. The summed E-state index contributed by atoms with van der Waals surface area (Å²) in [6, 6.07) is -1.62. The Morgan fingerprint density at radius 2 is 1.95 bits per heavy atom. The molecule has 0 aliphatic rings. The summed E-state index contributed by atoms with van der Waals surface area (Å²) in [6.45, 7) is 3.31. The zero-order valence-electron chi connectivity index (χ0n) is 12.1. The van der Waals surface area contributed by atoms with E-state index in [1.165, 1.54) is 0 Å². The van der Waals surface area contributed by atoms with Crippen LogP contribution in [0, 0.1) is 5.92 Å². The molecule has 9 nitrogen and oxygen atoms in total. The number of amides is 1. The maximum Gasteiger partial charge on any atom is 0.264 e. The van der Waals surface area contributed by atoms with Crippen molar-refractivity contribution in [1.29, 1.82) is 0 Å². The molecule has 0 saturated carbocycles. The van der Waals surface area contributed by atoms with E-state index in [4.69, 9.17) is 9.66 Å². The Hall–Kier alpha value is -1.07. The molecule has 1 amide bonds. The van der Waals surface area contributed by atoms with Crippen LogP contribution in [0.15, 0.2) is 0 Å². The van der Waals surface area contributed by atoms with Gasteiger partial charge in [0.2, 0.25) is 5.91 Å². The molecular formula is C11H23N3O6S. The van der Waals surface area contributed by atoms with Gasteiger partial charge in [-0.3, -0.25) is 14.8 Å². The summed E-state index contributed by atoms with van der Waals surface area (Å²) < 4.78 is 29.6. The molecule has 0 spiro atoms. The summed E-state index contributed by atoms with van der Waals surface area (Å²) in [5, 5.41) is 11.2. The molecule has 0 fully saturated rings. The Labute approximate surface area is 124 Å². The fraction of sp³-hybridized carbons (Fsp3) is 0.818. The van der Waals surface area contributed by atoms with E-state index < -0.39 is 34.7 Å². The first-order valence-corrected chi connectivity index (χ1v) is 8.12. The maximum absolute atomic E-state index is 11.9. The molecule has 0 aromatic rings. The third kappa shape index (κ3) is 9.47. The van der Waals surface area contributed by atoms with Gasteiger partial charge in [-0.25, -0.2) is 5.43 Å². The highest BCUT2D eigenvalue weighted by molar-refractivity contribution is 7.85. The van der Waals surface area contributed by atoms with Crippen LogP contribution in [0.5, 0.6) is 0 Å². The third-order valence-corrected chi connectivity index (χ3v) is 3.40. The van der Waals surface area contributed by atoms with E-state index in [0.717, 1.165) is 0 Å². The first-order valence-electron chi connectivity index (χ1n) is 6.51. The Morgan fingerprint density at radius 3 is 2.38 bits per heavy atom. The van der Waals surface area contributed by atoms with Gasteiger partial charge in [0.15, 0.2) is 0 Å². The van der Waals surface area contributed by atoms with E-state index >= 15 is 0 Å². The first kappa shape index (κ1) is 19.9. The summed E-state index contributed by atoms with van der Waals surface area (Å²) in [5.41, 5.74) is 5.42. The number of aliphatic hydroxyl groups is 1. The Balaban J connectivity index is 4.24. The molecule has 0 aromatic carbocycles. The molecule has 0 unspecified atom stereocenters. The van der Waals surface area contributed by atoms with Crippen molar-refractivity contribution in [3.8, 4) is 0 Å². The Morgan fingerprint density at radius 1 is 1.33 bits per heavy atom. The fourth-order valence-corrected chi connectivity index (χ4v) is 1.96. The van der Waals surface area contributed by atoms with Gasteiger partial charge >= 0.3 is 0 Å². The molecule has 5 N–H and O–H groups in total. The minimum atomic E-state index is -3.99. The van der Waals surface area contributed by atoms with Gasteiger partial charge in [0.05, 0.1) is 12.4 Å². The predicted molar refractivity (Wildman–Crippen MR) is 75.9 cm³/mol. The van der Waals surface area contributed by atoms with Gasteiger partial charge in [0.1, 0.15) is 18.4 Å². The average Bonchev–Trinajstić information content (AvgIpc) is 2.38. The number of nitrogens with one attached hydrogen (secondary N) is 3. The van der Waals surface area contributed by atoms with Gasteiger partial charge in [-0.05, 0) is 12.3 Å². The van der Waals surface area contributed by atoms with Crippen LogP contribution in [0.25, 0.3) is 0 Å². The smallest absolute Gasteiger partial charge is 0.264 e. The minimum absolute atomic E-state index is 0.106. The van der Waals surface area contributed by atoms with Crippen molar-refractivity contribution in [2.45, 2.75) is 32.4 Å². The van der Waals surface area contributed by atoms with Crippen molar-refractivity contribution in [3.05, 3.63) is 0 Å². The normalized spacial score (nSPS) is 14.7. The molecular weight excluding hydrogens is 302 g/mol. The zero-order valence-corrected chi connectivity index (χ0v) is 12.9. The summed E-state index contributed by atoms with van der Waals surface area (Å²) in [4.78, 5) is 22.5. The highest BCUT2D eigenvalue weighted by Crippen LogP contribution is 2.01. The molecule has 21 heavy (non-hydrogen) atoms. The highest BCUT2D eigenvalue weighted by atomic mass is 32.2. The lowest BCUT2D eigenvalue weighted by Gasteiger charge is -2.23. The largest absolute Gasteiger partial charge is 0.394 e. The second-order valence-electron chi connectivity index (χ2n) is 4.87. The number of hydrogen-bond acceptors (Lipinski definition) is 7. The van der Waals surface area contributed by atoms with Crippen molar-refractivity contribution in [2.24, 2.45) is 5.92 Å². The SMILES string of the molecule is CC(C)[C@H](NNCCCS(=O)(=O)O)C(=O)N[C@H](C=O)CO. The number of carbonyl (C=O) groups is 2. The van der Waals surface area contributed by atoms with Crippen LogP contribution < -0.4 is 16.2 Å². The van der Waals surface area contributed by atoms with Crippen LogP contribution in [0.1, 0.15) is 20.3 Å². The summed E-state index contributed by atoms with van der Waals surface area (Å²) >= 11 is 0. The number of aldehydes is 1. The molecule has 0 radical (unpaired) electrons. The standard InChI is InChI=1S/C11H23N3O6S/c1-8(2)10(11(17)13-9(6-15)7-16)14-12-4-3-5-21(18,19)20/h6,8-10,12,14,16H,3-5,7H2,1-2H3,(H,13,17)(H,18,19,20)/t9-,10+/m1/s1. The van der Waals surface area contributed by atoms with Crippen molar-refractivity contribution in [3.63, 3.8) is 0 Å². The molecule has 2 atom stereocenters. The van der Waals surface area contributed by atoms with Gasteiger partial charge in [0.25, 0.3) is 10.1 Å². The zero-order chi connectivity index (χ0) is 16.5. The Kier molecular flexibility index (Phi) is 9.29. The molecule has 124 valence electrons. The van der Waals surface area contributed by atoms with E-state index in [-0.39, 0.29) is 24.6 Å². The van der Waals surface area contributed by atoms with Gasteiger partial charge in [-0.1, -0.05) is 13.8 Å². The second-order valence-corrected chi connectivity index (χ2v) is 6.44. The van der Waals surface area contributed by atoms with Crippen LogP contribution in [0.2, 0.25) is 0 Å². The number of carbonyl (C=O) groups excluding carboxylic acids is 2. The van der Waals surface area contributed by atoms with Gasteiger partial charge in [0, 0.05) is 6.54 Å². The van der Waals surface area contributed by atoms with Crippen LogP contribution in [0.4, 0.5) is 0 Å². The number of rotatable bonds is 11. The number of hydrazine groups is 1. The van der Waals surface area contributed by atoms with Crippen LogP contribution in [-0.4, -0.2) is 61.3 Å². The third-order valence-electron chi connectivity index (χ3n) is 2.60. The van der Waals surface area contributed by atoms with E-state index in [1.54, 1.807) is 13.8 Å². The Bertz CT molecular complexity index is 426. The summed E-state index contributed by atoms with van der Waals surface area (Å²) in [5.74, 6) is -0.943. The van der Waals surface area contributed by atoms with Crippen molar-refractivity contribution >= 4 is 22.3 Å². The number of hydrogen-bond donors (Lipinski definition) is 5. The quantitative estimate of drug-likeness (QED) is 0.128. The molecule has 0 aromatic heterocycles. The highest BCUT2D eigenvalue weighted by Gasteiger charge is 2.23. The van der Waals surface area contributed by atoms with Crippen LogP contribution in [0.3, 0.4) is 0 Å². The van der Waals surface area contributed by atoms with E-state index in [9.17, 15) is 18.0 Å².